The first-order chi connectivity index (χ1) is 9.98. The summed E-state index contributed by atoms with van der Waals surface area (Å²) in [6.45, 7) is 1.07. The van der Waals surface area contributed by atoms with Gasteiger partial charge in [0.1, 0.15) is 46.6 Å². The van der Waals surface area contributed by atoms with Crippen LogP contribution in [0.1, 0.15) is 18.9 Å². The minimum atomic E-state index is -1.56. The lowest BCUT2D eigenvalue weighted by Crippen LogP contribution is -2.43. The highest BCUT2D eigenvalue weighted by Crippen LogP contribution is 2.41. The second-order valence-corrected chi connectivity index (χ2v) is 5.91. The highest BCUT2D eigenvalue weighted by atomic mass is 32.2. The predicted octanol–water partition coefficient (Wildman–Crippen LogP) is -0.381. The minimum Gasteiger partial charge on any atom is -0.394 e. The van der Waals surface area contributed by atoms with Crippen LogP contribution in [-0.4, -0.2) is 65.9 Å². The number of hydrogen-bond donors (Lipinski definition) is 4. The fourth-order valence-corrected chi connectivity index (χ4v) is 3.01. The normalized spacial score (nSPS) is 32.9. The third kappa shape index (κ3) is 2.21. The largest absolute Gasteiger partial charge is 0.394 e. The zero-order chi connectivity index (χ0) is 15.2. The first-order valence-corrected chi connectivity index (χ1v) is 7.62. The van der Waals surface area contributed by atoms with Crippen molar-refractivity contribution in [1.29, 1.82) is 0 Å². The number of aliphatic hydroxyl groups is 3. The summed E-state index contributed by atoms with van der Waals surface area (Å²) in [6.07, 6.45) is 0.359. The van der Waals surface area contributed by atoms with E-state index in [4.69, 9.17) is 4.74 Å². The summed E-state index contributed by atoms with van der Waals surface area (Å²) in [6, 6.07) is 0. The minimum absolute atomic E-state index is 0.348. The van der Waals surface area contributed by atoms with Crippen molar-refractivity contribution in [2.45, 2.75) is 35.9 Å². The molecule has 2 aromatic rings. The van der Waals surface area contributed by atoms with Gasteiger partial charge in [0.05, 0.1) is 6.61 Å². The number of thioether (sulfide) groups is 1. The van der Waals surface area contributed by atoms with Gasteiger partial charge in [0, 0.05) is 0 Å². The van der Waals surface area contributed by atoms with Crippen LogP contribution in [0.2, 0.25) is 0 Å². The lowest BCUT2D eigenvalue weighted by molar-refractivity contribution is -0.0671. The Morgan fingerprint density at radius 1 is 1.48 bits per heavy atom. The van der Waals surface area contributed by atoms with Gasteiger partial charge in [0.2, 0.25) is 0 Å². The number of aromatic nitrogens is 4. The van der Waals surface area contributed by atoms with Crippen LogP contribution in [0, 0.1) is 0 Å². The predicted molar refractivity (Wildman–Crippen MR) is 74.8 cm³/mol. The zero-order valence-electron chi connectivity index (χ0n) is 11.5. The average molecular weight is 312 g/mol. The molecular formula is C12H16N4O4S. The number of aliphatic hydroxyl groups excluding tert-OH is 2. The molecule has 0 bridgehead atoms. The highest BCUT2D eigenvalue weighted by Gasteiger charge is 2.53. The molecule has 3 heterocycles. The summed E-state index contributed by atoms with van der Waals surface area (Å²) >= 11 is 1.44. The monoisotopic (exact) mass is 312 g/mol. The lowest BCUT2D eigenvalue weighted by Gasteiger charge is -2.25. The molecule has 3 rings (SSSR count). The molecule has 4 atom stereocenters. The van der Waals surface area contributed by atoms with E-state index >= 15 is 0 Å². The fraction of sp³-hybridized carbons (Fsp3) is 0.583. The van der Waals surface area contributed by atoms with E-state index < -0.39 is 23.9 Å². The van der Waals surface area contributed by atoms with Crippen molar-refractivity contribution < 1.29 is 20.1 Å². The van der Waals surface area contributed by atoms with Gasteiger partial charge >= 0.3 is 0 Å². The Morgan fingerprint density at radius 2 is 2.24 bits per heavy atom. The van der Waals surface area contributed by atoms with Crippen LogP contribution in [0.25, 0.3) is 11.2 Å². The molecule has 1 saturated heterocycles. The Kier molecular flexibility index (Phi) is 3.62. The first kappa shape index (κ1) is 14.7. The Bertz CT molecular complexity index is 662. The number of nitrogens with one attached hydrogen (secondary N) is 1. The summed E-state index contributed by atoms with van der Waals surface area (Å²) in [5.41, 5.74) is -0.444. The van der Waals surface area contributed by atoms with Gasteiger partial charge in [-0.1, -0.05) is 0 Å². The second-order valence-electron chi connectivity index (χ2n) is 5.11. The van der Waals surface area contributed by atoms with E-state index in [1.54, 1.807) is 0 Å². The van der Waals surface area contributed by atoms with E-state index in [1.165, 1.54) is 25.0 Å². The smallest absolute Gasteiger partial charge is 0.182 e. The molecule has 0 amide bonds. The molecule has 21 heavy (non-hydrogen) atoms. The third-order valence-corrected chi connectivity index (χ3v) is 4.38. The van der Waals surface area contributed by atoms with Crippen LogP contribution in [0.3, 0.4) is 0 Å². The van der Waals surface area contributed by atoms with E-state index in [2.05, 4.69) is 19.9 Å². The first-order valence-electron chi connectivity index (χ1n) is 6.40. The van der Waals surface area contributed by atoms with Gasteiger partial charge in [-0.05, 0) is 13.2 Å². The van der Waals surface area contributed by atoms with Gasteiger partial charge < -0.3 is 25.0 Å². The molecule has 1 aliphatic rings. The van der Waals surface area contributed by atoms with Crippen molar-refractivity contribution in [3.63, 3.8) is 0 Å². The molecule has 9 heteroatoms. The van der Waals surface area contributed by atoms with Crippen molar-refractivity contribution in [3.05, 3.63) is 12.2 Å². The summed E-state index contributed by atoms with van der Waals surface area (Å²) in [4.78, 5) is 15.6. The van der Waals surface area contributed by atoms with E-state index in [0.29, 0.717) is 17.0 Å². The van der Waals surface area contributed by atoms with Gasteiger partial charge in [-0.25, -0.2) is 15.0 Å². The van der Waals surface area contributed by atoms with Crippen LogP contribution >= 0.6 is 11.8 Å². The number of fused-ring (bicyclic) bond motifs is 1. The topological polar surface area (TPSA) is 124 Å². The molecule has 8 nitrogen and oxygen atoms in total. The van der Waals surface area contributed by atoms with Crippen LogP contribution in [0.5, 0.6) is 0 Å². The van der Waals surface area contributed by atoms with Crippen LogP contribution in [0.15, 0.2) is 11.4 Å². The number of H-pyrrole nitrogens is 1. The van der Waals surface area contributed by atoms with E-state index in [9.17, 15) is 15.3 Å². The summed E-state index contributed by atoms with van der Waals surface area (Å²) in [7, 11) is 0. The maximum Gasteiger partial charge on any atom is 0.182 e. The molecule has 4 N–H and O–H groups in total. The van der Waals surface area contributed by atoms with Crippen molar-refractivity contribution in [2.75, 3.05) is 12.9 Å². The molecule has 0 spiro atoms. The molecule has 0 aliphatic carbocycles. The molecule has 0 aromatic carbocycles. The Hall–Kier alpha value is -1.26. The van der Waals surface area contributed by atoms with Crippen LogP contribution in [0.4, 0.5) is 0 Å². The number of aromatic amines is 1. The number of nitrogens with zero attached hydrogens (tertiary/aromatic N) is 3. The Balaban J connectivity index is 2.04. The molecule has 1 aliphatic heterocycles. The van der Waals surface area contributed by atoms with Crippen molar-refractivity contribution in [2.24, 2.45) is 0 Å². The van der Waals surface area contributed by atoms with Crippen molar-refractivity contribution in [3.8, 4) is 0 Å². The fourth-order valence-electron chi connectivity index (χ4n) is 2.51. The molecular weight excluding hydrogens is 296 g/mol. The highest BCUT2D eigenvalue weighted by molar-refractivity contribution is 7.98. The third-order valence-electron chi connectivity index (χ3n) is 3.69. The maximum atomic E-state index is 10.4. The molecule has 0 unspecified atom stereocenters. The van der Waals surface area contributed by atoms with E-state index in [1.807, 2.05) is 6.26 Å². The van der Waals surface area contributed by atoms with Crippen LogP contribution in [-0.2, 0) is 4.74 Å². The number of imidazole rings is 1. The summed E-state index contributed by atoms with van der Waals surface area (Å²) in [5.74, 6) is 0.348. The maximum absolute atomic E-state index is 10.4. The van der Waals surface area contributed by atoms with E-state index in [0.717, 1.165) is 5.03 Å². The molecule has 0 radical (unpaired) electrons. The van der Waals surface area contributed by atoms with Gasteiger partial charge in [-0.2, -0.15) is 0 Å². The standard InChI is InChI=1S/C12H16N4O4S/c1-12(19)7(18)5(3-17)20-8(12)10-15-6-9(16-10)13-4-14-11(6)21-2/h4-5,7-8,17-19H,3H2,1-2H3,(H,13,14,15,16)/t5-,7-,8+,12-/m1/s1. The van der Waals surface area contributed by atoms with Crippen molar-refractivity contribution in [1.82, 2.24) is 19.9 Å². The second kappa shape index (κ2) is 5.18. The van der Waals surface area contributed by atoms with E-state index in [-0.39, 0.29) is 6.61 Å². The molecule has 2 aromatic heterocycles. The van der Waals surface area contributed by atoms with Crippen LogP contribution < -0.4 is 0 Å². The van der Waals surface area contributed by atoms with Gasteiger partial charge in [-0.15, -0.1) is 11.8 Å². The SMILES string of the molecule is CSc1ncnc2nc([C@@H]3O[C@H](CO)[C@@H](O)[C@@]3(C)O)[nH]c12. The van der Waals surface area contributed by atoms with Gasteiger partial charge in [-0.3, -0.25) is 0 Å². The molecule has 0 saturated carbocycles. The average Bonchev–Trinajstić information content (AvgIpc) is 2.99. The Labute approximate surface area is 124 Å². The summed E-state index contributed by atoms with van der Waals surface area (Å²) in [5, 5.41) is 30.4. The van der Waals surface area contributed by atoms with Gasteiger partial charge in [0.25, 0.3) is 0 Å². The molecule has 114 valence electrons. The Morgan fingerprint density at radius 3 is 2.86 bits per heavy atom. The van der Waals surface area contributed by atoms with Crippen molar-refractivity contribution >= 4 is 22.9 Å². The zero-order valence-corrected chi connectivity index (χ0v) is 12.3. The number of hydrogen-bond acceptors (Lipinski definition) is 8. The summed E-state index contributed by atoms with van der Waals surface area (Å²) < 4.78 is 5.53. The number of ether oxygens (including phenoxy) is 1. The van der Waals surface area contributed by atoms with Gasteiger partial charge in [0.15, 0.2) is 5.65 Å². The number of rotatable bonds is 3. The lowest BCUT2D eigenvalue weighted by atomic mass is 9.92. The molecule has 1 fully saturated rings. The quantitative estimate of drug-likeness (QED) is 0.446.